The molecule has 0 aliphatic carbocycles. The zero-order chi connectivity index (χ0) is 24.7. The van der Waals surface area contributed by atoms with Gasteiger partial charge in [-0.15, -0.1) is 0 Å². The molecule has 178 valence electrons. The van der Waals surface area contributed by atoms with Crippen LogP contribution < -0.4 is 15.6 Å². The number of carbonyl (C=O) groups is 1. The van der Waals surface area contributed by atoms with Crippen LogP contribution in [0.1, 0.15) is 5.56 Å². The fraction of sp³-hybridized carbons (Fsp3) is 0.0714. The highest BCUT2D eigenvalue weighted by Gasteiger charge is 2.14. The fourth-order valence-electron chi connectivity index (χ4n) is 3.63. The third kappa shape index (κ3) is 5.61. The number of rotatable bonds is 8. The molecule has 0 aliphatic heterocycles. The van der Waals surface area contributed by atoms with Crippen LogP contribution in [-0.2, 0) is 11.3 Å². The second-order valence-corrected chi connectivity index (χ2v) is 8.88. The maximum atomic E-state index is 13.2. The van der Waals surface area contributed by atoms with E-state index in [0.29, 0.717) is 34.0 Å². The molecular formula is C28H22N4O3S. The molecule has 0 saturated heterocycles. The van der Waals surface area contributed by atoms with Crippen molar-refractivity contribution >= 4 is 34.3 Å². The highest BCUT2D eigenvalue weighted by molar-refractivity contribution is 7.99. The maximum Gasteiger partial charge on any atom is 0.262 e. The van der Waals surface area contributed by atoms with Gasteiger partial charge in [0.15, 0.2) is 5.16 Å². The molecule has 0 fully saturated rings. The molecule has 5 aromatic rings. The lowest BCUT2D eigenvalue weighted by Crippen LogP contribution is -2.25. The van der Waals surface area contributed by atoms with Crippen molar-refractivity contribution in [1.29, 1.82) is 0 Å². The lowest BCUT2D eigenvalue weighted by molar-refractivity contribution is -0.113. The van der Waals surface area contributed by atoms with Crippen molar-refractivity contribution < 1.29 is 9.53 Å². The minimum absolute atomic E-state index is 0.101. The Morgan fingerprint density at radius 1 is 0.861 bits per heavy atom. The molecule has 0 aliphatic rings. The number of amides is 1. The van der Waals surface area contributed by atoms with E-state index in [2.05, 4.69) is 15.3 Å². The molecule has 2 heterocycles. The third-order valence-corrected chi connectivity index (χ3v) is 6.34. The maximum absolute atomic E-state index is 13.2. The normalized spacial score (nSPS) is 10.8. The van der Waals surface area contributed by atoms with E-state index >= 15 is 0 Å². The Kier molecular flexibility index (Phi) is 7.05. The summed E-state index contributed by atoms with van der Waals surface area (Å²) in [6.45, 7) is 0.339. The van der Waals surface area contributed by atoms with Crippen LogP contribution in [-0.4, -0.2) is 26.2 Å². The number of anilines is 1. The van der Waals surface area contributed by atoms with Crippen LogP contribution in [0.2, 0.25) is 0 Å². The first-order valence-corrected chi connectivity index (χ1v) is 12.3. The van der Waals surface area contributed by atoms with E-state index in [1.54, 1.807) is 53.4 Å². The van der Waals surface area contributed by atoms with E-state index in [-0.39, 0.29) is 17.2 Å². The highest BCUT2D eigenvalue weighted by Crippen LogP contribution is 2.23. The predicted octanol–water partition coefficient (Wildman–Crippen LogP) is 5.36. The smallest absolute Gasteiger partial charge is 0.262 e. The molecule has 1 N–H and O–H groups in total. The van der Waals surface area contributed by atoms with E-state index < -0.39 is 0 Å². The Morgan fingerprint density at radius 3 is 2.33 bits per heavy atom. The molecule has 36 heavy (non-hydrogen) atoms. The van der Waals surface area contributed by atoms with Crippen LogP contribution >= 0.6 is 11.8 Å². The van der Waals surface area contributed by atoms with Crippen molar-refractivity contribution in [2.75, 3.05) is 11.1 Å². The summed E-state index contributed by atoms with van der Waals surface area (Å²) < 4.78 is 7.39. The van der Waals surface area contributed by atoms with Gasteiger partial charge in [-0.3, -0.25) is 19.1 Å². The van der Waals surface area contributed by atoms with Crippen molar-refractivity contribution in [3.05, 3.63) is 119 Å². The van der Waals surface area contributed by atoms with Crippen LogP contribution in [0, 0.1) is 0 Å². The number of nitrogens with zero attached hydrogens (tertiary/aromatic N) is 3. The highest BCUT2D eigenvalue weighted by atomic mass is 32.2. The topological polar surface area (TPSA) is 86.1 Å². The van der Waals surface area contributed by atoms with Gasteiger partial charge in [0.1, 0.15) is 11.5 Å². The van der Waals surface area contributed by atoms with Crippen LogP contribution in [0.4, 0.5) is 5.69 Å². The van der Waals surface area contributed by atoms with Crippen molar-refractivity contribution in [3.63, 3.8) is 0 Å². The summed E-state index contributed by atoms with van der Waals surface area (Å²) in [5.74, 6) is 1.32. The summed E-state index contributed by atoms with van der Waals surface area (Å²) >= 11 is 1.23. The van der Waals surface area contributed by atoms with E-state index in [9.17, 15) is 9.59 Å². The van der Waals surface area contributed by atoms with Crippen molar-refractivity contribution in [1.82, 2.24) is 14.5 Å². The number of nitrogens with one attached hydrogen (secondary N) is 1. The molecule has 8 heteroatoms. The van der Waals surface area contributed by atoms with Crippen molar-refractivity contribution in [2.24, 2.45) is 0 Å². The van der Waals surface area contributed by atoms with Crippen molar-refractivity contribution in [3.8, 4) is 11.5 Å². The first-order chi connectivity index (χ1) is 17.7. The van der Waals surface area contributed by atoms with Gasteiger partial charge >= 0.3 is 0 Å². The summed E-state index contributed by atoms with van der Waals surface area (Å²) in [5, 5.41) is 3.91. The number of hydrogen-bond donors (Lipinski definition) is 1. The Bertz CT molecular complexity index is 1540. The number of aromatic nitrogens is 3. The standard InChI is InChI=1S/C28H22N4O3S/c33-26(30-21-10-12-23(13-11-21)35-22-6-2-1-3-7-22)19-36-28-31-25-9-5-4-8-24(25)27(34)32(28)18-20-14-16-29-17-15-20/h1-17H,18-19H2,(H,30,33). The number of benzene rings is 3. The molecule has 2 aromatic heterocycles. The van der Waals surface area contributed by atoms with Gasteiger partial charge in [-0.25, -0.2) is 4.98 Å². The monoisotopic (exact) mass is 494 g/mol. The quantitative estimate of drug-likeness (QED) is 0.231. The molecule has 0 bridgehead atoms. The predicted molar refractivity (Wildman–Crippen MR) is 142 cm³/mol. The van der Waals surface area contributed by atoms with Gasteiger partial charge < -0.3 is 10.1 Å². The molecule has 0 unspecified atom stereocenters. The van der Waals surface area contributed by atoms with Gasteiger partial charge in [-0.05, 0) is 66.2 Å². The Balaban J connectivity index is 1.29. The lowest BCUT2D eigenvalue weighted by Gasteiger charge is -2.13. The summed E-state index contributed by atoms with van der Waals surface area (Å²) in [6.07, 6.45) is 3.37. The van der Waals surface area contributed by atoms with Crippen LogP contribution in [0.25, 0.3) is 10.9 Å². The number of ether oxygens (including phenoxy) is 1. The summed E-state index contributed by atoms with van der Waals surface area (Å²) in [7, 11) is 0. The SMILES string of the molecule is O=C(CSc1nc2ccccc2c(=O)n1Cc1ccncc1)Nc1ccc(Oc2ccccc2)cc1. The summed E-state index contributed by atoms with van der Waals surface area (Å²) in [6, 6.07) is 27.6. The number of para-hydroxylation sites is 2. The molecule has 0 spiro atoms. The van der Waals surface area contributed by atoms with Crippen LogP contribution in [0.15, 0.2) is 113 Å². The van der Waals surface area contributed by atoms with Gasteiger partial charge in [-0.1, -0.05) is 42.1 Å². The van der Waals surface area contributed by atoms with E-state index in [4.69, 9.17) is 4.74 Å². The first-order valence-electron chi connectivity index (χ1n) is 11.3. The van der Waals surface area contributed by atoms with Gasteiger partial charge in [0.25, 0.3) is 5.56 Å². The van der Waals surface area contributed by atoms with Gasteiger partial charge in [0, 0.05) is 18.1 Å². The van der Waals surface area contributed by atoms with Crippen molar-refractivity contribution in [2.45, 2.75) is 11.7 Å². The molecule has 0 saturated carbocycles. The zero-order valence-corrected chi connectivity index (χ0v) is 20.0. The fourth-order valence-corrected chi connectivity index (χ4v) is 4.42. The minimum Gasteiger partial charge on any atom is -0.457 e. The number of hydrogen-bond acceptors (Lipinski definition) is 6. The average Bonchev–Trinajstić information content (AvgIpc) is 2.92. The largest absolute Gasteiger partial charge is 0.457 e. The number of pyridine rings is 1. The van der Waals surface area contributed by atoms with E-state index in [1.165, 1.54) is 11.8 Å². The summed E-state index contributed by atoms with van der Waals surface area (Å²) in [5.41, 5.74) is 2.04. The molecule has 0 radical (unpaired) electrons. The zero-order valence-electron chi connectivity index (χ0n) is 19.2. The Labute approximate surface area is 211 Å². The number of thioether (sulfide) groups is 1. The van der Waals surface area contributed by atoms with Gasteiger partial charge in [0.2, 0.25) is 5.91 Å². The molecule has 3 aromatic carbocycles. The molecule has 7 nitrogen and oxygen atoms in total. The van der Waals surface area contributed by atoms with Gasteiger partial charge in [-0.2, -0.15) is 0 Å². The van der Waals surface area contributed by atoms with Gasteiger partial charge in [0.05, 0.1) is 23.2 Å². The van der Waals surface area contributed by atoms with E-state index in [1.807, 2.05) is 54.6 Å². The van der Waals surface area contributed by atoms with E-state index in [0.717, 1.165) is 11.3 Å². The Hall–Kier alpha value is -4.43. The Morgan fingerprint density at radius 2 is 1.56 bits per heavy atom. The number of fused-ring (bicyclic) bond motifs is 1. The molecule has 1 amide bonds. The third-order valence-electron chi connectivity index (χ3n) is 5.37. The van der Waals surface area contributed by atoms with Crippen LogP contribution in [0.3, 0.4) is 0 Å². The second-order valence-electron chi connectivity index (χ2n) is 7.93. The van der Waals surface area contributed by atoms with Crippen LogP contribution in [0.5, 0.6) is 11.5 Å². The second kappa shape index (κ2) is 10.9. The average molecular weight is 495 g/mol. The minimum atomic E-state index is -0.199. The summed E-state index contributed by atoms with van der Waals surface area (Å²) in [4.78, 5) is 34.6. The molecule has 5 rings (SSSR count). The molecular weight excluding hydrogens is 472 g/mol. The molecule has 0 atom stereocenters. The number of carbonyl (C=O) groups excluding carboxylic acids is 1. The first kappa shape index (κ1) is 23.3. The lowest BCUT2D eigenvalue weighted by atomic mass is 10.2.